The lowest BCUT2D eigenvalue weighted by Crippen LogP contribution is -2.47. The summed E-state index contributed by atoms with van der Waals surface area (Å²) < 4.78 is 6.74. The van der Waals surface area contributed by atoms with Crippen molar-refractivity contribution < 1.29 is 14.0 Å². The molecule has 3 aromatic rings. The number of likely N-dealkylation sites (N-methyl/N-ethyl adjacent to an activating group) is 1. The van der Waals surface area contributed by atoms with Crippen molar-refractivity contribution in [2.45, 2.75) is 0 Å². The molecule has 1 aromatic carbocycles. The highest BCUT2D eigenvalue weighted by Crippen LogP contribution is 2.23. The first kappa shape index (κ1) is 18.0. The van der Waals surface area contributed by atoms with Crippen LogP contribution in [0.1, 0.15) is 20.9 Å². The topological polar surface area (TPSA) is 83.6 Å². The quantitative estimate of drug-likeness (QED) is 0.751. The van der Waals surface area contributed by atoms with Gasteiger partial charge in [0.15, 0.2) is 5.76 Å². The molecule has 3 heterocycles. The van der Waals surface area contributed by atoms with Crippen LogP contribution >= 0.6 is 0 Å². The van der Waals surface area contributed by atoms with Crippen molar-refractivity contribution in [2.75, 3.05) is 38.5 Å². The van der Waals surface area contributed by atoms with Crippen LogP contribution in [0.25, 0.3) is 5.69 Å². The molecule has 2 aromatic heterocycles. The van der Waals surface area contributed by atoms with E-state index in [1.165, 1.54) is 12.5 Å². The van der Waals surface area contributed by atoms with Gasteiger partial charge in [-0.1, -0.05) is 18.2 Å². The Morgan fingerprint density at radius 3 is 2.46 bits per heavy atom. The Kier molecular flexibility index (Phi) is 4.94. The molecule has 8 nitrogen and oxygen atoms in total. The predicted octanol–water partition coefficient (Wildman–Crippen LogP) is 2.11. The fourth-order valence-electron chi connectivity index (χ4n) is 3.15. The Morgan fingerprint density at radius 1 is 1.04 bits per heavy atom. The van der Waals surface area contributed by atoms with Crippen LogP contribution in [0, 0.1) is 0 Å². The van der Waals surface area contributed by atoms with E-state index in [0.29, 0.717) is 24.5 Å². The molecule has 1 fully saturated rings. The number of carbonyl (C=O) groups excluding carboxylic acids is 2. The second kappa shape index (κ2) is 7.69. The minimum Gasteiger partial charge on any atom is -0.459 e. The molecule has 1 saturated heterocycles. The standard InChI is InChI=1S/C20H21N5O3/c1-23-9-11-24(12-10-23)20(27)16-14-21-25(15-6-3-2-4-7-15)18(16)22-19(26)17-8-5-13-28-17/h2-8,13-14H,9-12H2,1H3,(H,22,26). The number of nitrogens with one attached hydrogen (secondary N) is 1. The summed E-state index contributed by atoms with van der Waals surface area (Å²) in [5.74, 6) is -0.0875. The van der Waals surface area contributed by atoms with Crippen LogP contribution in [0.3, 0.4) is 0 Å². The average Bonchev–Trinajstić information content (AvgIpc) is 3.39. The highest BCUT2D eigenvalue weighted by atomic mass is 16.3. The number of nitrogens with zero attached hydrogens (tertiary/aromatic N) is 4. The van der Waals surface area contributed by atoms with Gasteiger partial charge in [-0.2, -0.15) is 5.10 Å². The van der Waals surface area contributed by atoms with Gasteiger partial charge in [-0.05, 0) is 31.3 Å². The molecule has 4 rings (SSSR count). The fourth-order valence-corrected chi connectivity index (χ4v) is 3.15. The third kappa shape index (κ3) is 3.54. The lowest BCUT2D eigenvalue weighted by molar-refractivity contribution is 0.0665. The van der Waals surface area contributed by atoms with Crippen molar-refractivity contribution in [3.05, 3.63) is 66.2 Å². The number of amides is 2. The second-order valence-corrected chi connectivity index (χ2v) is 6.68. The van der Waals surface area contributed by atoms with Crippen LogP contribution in [0.5, 0.6) is 0 Å². The Labute approximate surface area is 162 Å². The number of carbonyl (C=O) groups is 2. The van der Waals surface area contributed by atoms with Gasteiger partial charge in [-0.3, -0.25) is 9.59 Å². The number of benzene rings is 1. The van der Waals surface area contributed by atoms with Gasteiger partial charge >= 0.3 is 0 Å². The monoisotopic (exact) mass is 379 g/mol. The van der Waals surface area contributed by atoms with Gasteiger partial charge in [-0.15, -0.1) is 0 Å². The smallest absolute Gasteiger partial charge is 0.292 e. The van der Waals surface area contributed by atoms with Crippen LogP contribution in [0.4, 0.5) is 5.82 Å². The zero-order chi connectivity index (χ0) is 19.5. The van der Waals surface area contributed by atoms with E-state index in [1.807, 2.05) is 37.4 Å². The normalized spacial score (nSPS) is 14.8. The molecule has 1 aliphatic heterocycles. The number of aromatic nitrogens is 2. The largest absolute Gasteiger partial charge is 0.459 e. The van der Waals surface area contributed by atoms with Crippen molar-refractivity contribution in [3.63, 3.8) is 0 Å². The molecular weight excluding hydrogens is 358 g/mol. The van der Waals surface area contributed by atoms with Crippen LogP contribution in [-0.2, 0) is 0 Å². The molecule has 0 saturated carbocycles. The highest BCUT2D eigenvalue weighted by molar-refractivity contribution is 6.07. The summed E-state index contributed by atoms with van der Waals surface area (Å²) in [6, 6.07) is 12.6. The zero-order valence-electron chi connectivity index (χ0n) is 15.5. The Bertz CT molecular complexity index is 957. The maximum Gasteiger partial charge on any atom is 0.292 e. The molecule has 0 unspecified atom stereocenters. The number of hydrogen-bond acceptors (Lipinski definition) is 5. The van der Waals surface area contributed by atoms with Crippen molar-refractivity contribution in [1.82, 2.24) is 19.6 Å². The van der Waals surface area contributed by atoms with E-state index in [2.05, 4.69) is 15.3 Å². The van der Waals surface area contributed by atoms with Crippen molar-refractivity contribution in [3.8, 4) is 5.69 Å². The SMILES string of the molecule is CN1CCN(C(=O)c2cnn(-c3ccccc3)c2NC(=O)c2ccco2)CC1. The number of rotatable bonds is 4. The highest BCUT2D eigenvalue weighted by Gasteiger charge is 2.27. The third-order valence-electron chi connectivity index (χ3n) is 4.77. The van der Waals surface area contributed by atoms with Crippen LogP contribution in [-0.4, -0.2) is 64.6 Å². The van der Waals surface area contributed by atoms with Crippen LogP contribution in [0.15, 0.2) is 59.3 Å². The predicted molar refractivity (Wildman–Crippen MR) is 104 cm³/mol. The molecule has 0 radical (unpaired) electrons. The number of para-hydroxylation sites is 1. The van der Waals surface area contributed by atoms with Crippen LogP contribution in [0.2, 0.25) is 0 Å². The first-order chi connectivity index (χ1) is 13.6. The molecule has 2 amide bonds. The van der Waals surface area contributed by atoms with Crippen LogP contribution < -0.4 is 5.32 Å². The van der Waals surface area contributed by atoms with Gasteiger partial charge in [0.25, 0.3) is 11.8 Å². The molecule has 0 spiro atoms. The first-order valence-electron chi connectivity index (χ1n) is 9.09. The van der Waals surface area contributed by atoms with E-state index >= 15 is 0 Å². The van der Waals surface area contributed by atoms with Crippen molar-refractivity contribution in [1.29, 1.82) is 0 Å². The van der Waals surface area contributed by atoms with Gasteiger partial charge in [-0.25, -0.2) is 4.68 Å². The van der Waals surface area contributed by atoms with E-state index in [-0.39, 0.29) is 11.7 Å². The van der Waals surface area contributed by atoms with E-state index in [1.54, 1.807) is 21.7 Å². The van der Waals surface area contributed by atoms with Gasteiger partial charge in [0, 0.05) is 26.2 Å². The Hall–Kier alpha value is -3.39. The molecule has 8 heteroatoms. The van der Waals surface area contributed by atoms with E-state index < -0.39 is 5.91 Å². The number of anilines is 1. The third-order valence-corrected chi connectivity index (χ3v) is 4.77. The van der Waals surface area contributed by atoms with Crippen molar-refractivity contribution in [2.24, 2.45) is 0 Å². The molecule has 28 heavy (non-hydrogen) atoms. The maximum absolute atomic E-state index is 13.1. The molecule has 1 N–H and O–H groups in total. The summed E-state index contributed by atoms with van der Waals surface area (Å²) >= 11 is 0. The lowest BCUT2D eigenvalue weighted by Gasteiger charge is -2.32. The maximum atomic E-state index is 13.1. The molecular formula is C20H21N5O3. The van der Waals surface area contributed by atoms with E-state index in [0.717, 1.165) is 18.8 Å². The summed E-state index contributed by atoms with van der Waals surface area (Å²) in [5.41, 5.74) is 1.10. The fraction of sp³-hybridized carbons (Fsp3) is 0.250. The summed E-state index contributed by atoms with van der Waals surface area (Å²) in [7, 11) is 2.03. The van der Waals surface area contributed by atoms with Crippen molar-refractivity contribution >= 4 is 17.6 Å². The Balaban J connectivity index is 1.69. The van der Waals surface area contributed by atoms with E-state index in [9.17, 15) is 9.59 Å². The van der Waals surface area contributed by atoms with Gasteiger partial charge in [0.1, 0.15) is 11.4 Å². The lowest BCUT2D eigenvalue weighted by atomic mass is 10.2. The molecule has 0 aliphatic carbocycles. The summed E-state index contributed by atoms with van der Waals surface area (Å²) in [6.07, 6.45) is 2.94. The Morgan fingerprint density at radius 2 is 1.79 bits per heavy atom. The summed E-state index contributed by atoms with van der Waals surface area (Å²) in [4.78, 5) is 29.7. The van der Waals surface area contributed by atoms with Gasteiger partial charge < -0.3 is 19.5 Å². The van der Waals surface area contributed by atoms with E-state index in [4.69, 9.17) is 4.42 Å². The second-order valence-electron chi connectivity index (χ2n) is 6.68. The number of piperazine rings is 1. The summed E-state index contributed by atoms with van der Waals surface area (Å²) in [5, 5.41) is 7.16. The van der Waals surface area contributed by atoms with Gasteiger partial charge in [0.2, 0.25) is 0 Å². The molecule has 1 aliphatic rings. The minimum atomic E-state index is -0.435. The average molecular weight is 379 g/mol. The first-order valence-corrected chi connectivity index (χ1v) is 9.09. The summed E-state index contributed by atoms with van der Waals surface area (Å²) in [6.45, 7) is 2.90. The molecule has 144 valence electrons. The zero-order valence-corrected chi connectivity index (χ0v) is 15.5. The minimum absolute atomic E-state index is 0.148. The number of hydrogen-bond donors (Lipinski definition) is 1. The van der Waals surface area contributed by atoms with Gasteiger partial charge in [0.05, 0.1) is 18.1 Å². The molecule has 0 bridgehead atoms. The molecule has 0 atom stereocenters. The number of furan rings is 1.